The molecule has 1 aromatic heterocycles. The summed E-state index contributed by atoms with van der Waals surface area (Å²) < 4.78 is 21.3. The Morgan fingerprint density at radius 1 is 1.00 bits per heavy atom. The summed E-state index contributed by atoms with van der Waals surface area (Å²) in [5.74, 6) is 0.853. The Bertz CT molecular complexity index is 1110. The lowest BCUT2D eigenvalue weighted by Gasteiger charge is -2.13. The minimum Gasteiger partial charge on any atom is -0.493 e. The predicted octanol–water partition coefficient (Wildman–Crippen LogP) is 3.32. The molecule has 0 bridgehead atoms. The Labute approximate surface area is 201 Å². The van der Waals surface area contributed by atoms with Crippen LogP contribution < -0.4 is 24.8 Å². The van der Waals surface area contributed by atoms with Gasteiger partial charge in [0.1, 0.15) is 0 Å². The first-order chi connectivity index (χ1) is 16.5. The van der Waals surface area contributed by atoms with Gasteiger partial charge in [-0.1, -0.05) is 30.8 Å². The maximum Gasteiger partial charge on any atom is 0.277 e. The number of methoxy groups -OCH3 is 3. The Hall–Kier alpha value is -3.73. The first-order valence-corrected chi connectivity index (χ1v) is 11.4. The van der Waals surface area contributed by atoms with Crippen LogP contribution >= 0.6 is 11.8 Å². The zero-order chi connectivity index (χ0) is 24.5. The molecule has 180 valence electrons. The van der Waals surface area contributed by atoms with Crippen LogP contribution in [-0.4, -0.2) is 49.1 Å². The van der Waals surface area contributed by atoms with E-state index in [1.165, 1.54) is 26.9 Å². The molecule has 0 spiro atoms. The quantitative estimate of drug-likeness (QED) is 0.393. The zero-order valence-corrected chi connectivity index (χ0v) is 20.2. The van der Waals surface area contributed by atoms with Crippen LogP contribution in [0.5, 0.6) is 17.2 Å². The first kappa shape index (κ1) is 24.9. The van der Waals surface area contributed by atoms with Gasteiger partial charge in [0.25, 0.3) is 11.1 Å². The van der Waals surface area contributed by atoms with Gasteiger partial charge in [-0.3, -0.25) is 9.59 Å². The molecule has 0 radical (unpaired) electrons. The van der Waals surface area contributed by atoms with Crippen LogP contribution in [0.4, 0.5) is 5.69 Å². The molecule has 10 nitrogen and oxygen atoms in total. The van der Waals surface area contributed by atoms with Crippen LogP contribution in [0.25, 0.3) is 0 Å². The van der Waals surface area contributed by atoms with E-state index >= 15 is 0 Å². The van der Waals surface area contributed by atoms with Crippen LogP contribution in [-0.2, 0) is 17.8 Å². The summed E-state index contributed by atoms with van der Waals surface area (Å²) in [5, 5.41) is 13.6. The number of benzene rings is 2. The molecule has 3 aromatic rings. The molecule has 0 saturated heterocycles. The normalized spacial score (nSPS) is 10.5. The number of nitrogens with one attached hydrogen (secondary N) is 2. The maximum atomic E-state index is 12.6. The van der Waals surface area contributed by atoms with E-state index in [0.717, 1.165) is 23.9 Å². The Morgan fingerprint density at radius 3 is 2.26 bits per heavy atom. The molecule has 0 atom stereocenters. The summed E-state index contributed by atoms with van der Waals surface area (Å²) in [5.41, 5.74) is 2.24. The third kappa shape index (κ3) is 6.41. The summed E-state index contributed by atoms with van der Waals surface area (Å²) in [6.07, 6.45) is 0.937. The summed E-state index contributed by atoms with van der Waals surface area (Å²) >= 11 is 1.11. The van der Waals surface area contributed by atoms with E-state index in [2.05, 4.69) is 27.8 Å². The molecular weight excluding hydrogens is 460 g/mol. The Kier molecular flexibility index (Phi) is 8.74. The van der Waals surface area contributed by atoms with Crippen molar-refractivity contribution in [2.24, 2.45) is 0 Å². The highest BCUT2D eigenvalue weighted by Crippen LogP contribution is 2.38. The number of ether oxygens (including phenoxy) is 3. The van der Waals surface area contributed by atoms with Gasteiger partial charge >= 0.3 is 0 Å². The molecule has 2 aromatic carbocycles. The van der Waals surface area contributed by atoms with Crippen molar-refractivity contribution in [2.45, 2.75) is 25.1 Å². The fourth-order valence-electron chi connectivity index (χ4n) is 2.99. The van der Waals surface area contributed by atoms with Crippen molar-refractivity contribution in [1.29, 1.82) is 0 Å². The van der Waals surface area contributed by atoms with Crippen LogP contribution in [0.3, 0.4) is 0 Å². The Balaban J connectivity index is 1.51. The summed E-state index contributed by atoms with van der Waals surface area (Å²) in [4.78, 5) is 24.7. The van der Waals surface area contributed by atoms with Gasteiger partial charge in [-0.15, -0.1) is 10.2 Å². The Morgan fingerprint density at radius 2 is 1.68 bits per heavy atom. The maximum absolute atomic E-state index is 12.6. The van der Waals surface area contributed by atoms with Crippen LogP contribution in [0.2, 0.25) is 0 Å². The predicted molar refractivity (Wildman–Crippen MR) is 127 cm³/mol. The first-order valence-electron chi connectivity index (χ1n) is 10.4. The van der Waals surface area contributed by atoms with E-state index in [1.54, 1.807) is 12.1 Å². The molecular formula is C23H26N4O6S. The average molecular weight is 487 g/mol. The van der Waals surface area contributed by atoms with Gasteiger partial charge in [0.2, 0.25) is 17.5 Å². The number of hydrogen-bond acceptors (Lipinski definition) is 9. The fraction of sp³-hybridized carbons (Fsp3) is 0.304. The van der Waals surface area contributed by atoms with Gasteiger partial charge in [0.05, 0.1) is 33.6 Å². The fourth-order valence-corrected chi connectivity index (χ4v) is 3.57. The van der Waals surface area contributed by atoms with E-state index in [4.69, 9.17) is 18.6 Å². The van der Waals surface area contributed by atoms with E-state index in [0.29, 0.717) is 22.8 Å². The number of carbonyl (C=O) groups is 2. The molecule has 34 heavy (non-hydrogen) atoms. The highest BCUT2D eigenvalue weighted by molar-refractivity contribution is 7.99. The second kappa shape index (κ2) is 11.9. The number of hydrogen-bond donors (Lipinski definition) is 2. The van der Waals surface area contributed by atoms with Crippen molar-refractivity contribution in [3.8, 4) is 17.2 Å². The summed E-state index contributed by atoms with van der Waals surface area (Å²) in [6, 6.07) is 10.8. The SMILES string of the molecule is CCc1ccc(NC(=O)CSc2nnc(CNC(=O)c3cc(OC)c(OC)c(OC)c3)o2)cc1. The lowest BCUT2D eigenvalue weighted by Crippen LogP contribution is -2.23. The molecule has 0 aliphatic rings. The number of carbonyl (C=O) groups excluding carboxylic acids is 2. The smallest absolute Gasteiger partial charge is 0.277 e. The van der Waals surface area contributed by atoms with E-state index < -0.39 is 0 Å². The van der Waals surface area contributed by atoms with Crippen LogP contribution in [0.1, 0.15) is 28.7 Å². The topological polar surface area (TPSA) is 125 Å². The molecule has 0 unspecified atom stereocenters. The lowest BCUT2D eigenvalue weighted by atomic mass is 10.1. The molecule has 0 aliphatic heterocycles. The average Bonchev–Trinajstić information content (AvgIpc) is 3.33. The van der Waals surface area contributed by atoms with Crippen molar-refractivity contribution in [1.82, 2.24) is 15.5 Å². The second-order valence-corrected chi connectivity index (χ2v) is 7.87. The largest absolute Gasteiger partial charge is 0.493 e. The van der Waals surface area contributed by atoms with Gasteiger partial charge in [0, 0.05) is 11.3 Å². The zero-order valence-electron chi connectivity index (χ0n) is 19.3. The highest BCUT2D eigenvalue weighted by Gasteiger charge is 2.18. The number of aromatic nitrogens is 2. The molecule has 1 heterocycles. The number of amides is 2. The molecule has 3 rings (SSSR count). The molecule has 0 aliphatic carbocycles. The van der Waals surface area contributed by atoms with Crippen molar-refractivity contribution >= 4 is 29.3 Å². The van der Waals surface area contributed by atoms with Gasteiger partial charge in [-0.05, 0) is 36.2 Å². The number of nitrogens with zero attached hydrogens (tertiary/aromatic N) is 2. The van der Waals surface area contributed by atoms with E-state index in [1.807, 2.05) is 24.3 Å². The second-order valence-electron chi connectivity index (χ2n) is 6.95. The van der Waals surface area contributed by atoms with Gasteiger partial charge < -0.3 is 29.3 Å². The minimum atomic E-state index is -0.389. The highest BCUT2D eigenvalue weighted by atomic mass is 32.2. The molecule has 11 heteroatoms. The van der Waals surface area contributed by atoms with Crippen LogP contribution in [0.15, 0.2) is 46.0 Å². The van der Waals surface area contributed by atoms with Crippen molar-refractivity contribution in [3.63, 3.8) is 0 Å². The lowest BCUT2D eigenvalue weighted by molar-refractivity contribution is -0.113. The standard InChI is InChI=1S/C23H26N4O6S/c1-5-14-6-8-16(9-7-14)25-19(28)13-34-23-27-26-20(33-23)12-24-22(29)15-10-17(30-2)21(32-4)18(11-15)31-3/h6-11H,5,12-13H2,1-4H3,(H,24,29)(H,25,28). The van der Waals surface area contributed by atoms with Gasteiger partial charge in [0.15, 0.2) is 11.5 Å². The number of anilines is 1. The van der Waals surface area contributed by atoms with Gasteiger partial charge in [-0.2, -0.15) is 0 Å². The number of thioether (sulfide) groups is 1. The third-order valence-corrected chi connectivity index (χ3v) is 5.57. The third-order valence-electron chi connectivity index (χ3n) is 4.75. The van der Waals surface area contributed by atoms with Gasteiger partial charge in [-0.25, -0.2) is 0 Å². The minimum absolute atomic E-state index is 0.0129. The van der Waals surface area contributed by atoms with Crippen LogP contribution in [0, 0.1) is 0 Å². The molecule has 2 N–H and O–H groups in total. The van der Waals surface area contributed by atoms with E-state index in [9.17, 15) is 9.59 Å². The van der Waals surface area contributed by atoms with Crippen molar-refractivity contribution in [3.05, 3.63) is 53.4 Å². The van der Waals surface area contributed by atoms with E-state index in [-0.39, 0.29) is 35.2 Å². The number of aryl methyl sites for hydroxylation is 1. The summed E-state index contributed by atoms with van der Waals surface area (Å²) in [7, 11) is 4.43. The molecule has 0 fully saturated rings. The monoisotopic (exact) mass is 486 g/mol. The van der Waals surface area contributed by atoms with Crippen molar-refractivity contribution in [2.75, 3.05) is 32.4 Å². The molecule has 0 saturated carbocycles. The van der Waals surface area contributed by atoms with Crippen molar-refractivity contribution < 1.29 is 28.2 Å². The summed E-state index contributed by atoms with van der Waals surface area (Å²) in [6.45, 7) is 2.08. The number of rotatable bonds is 11. The molecule has 2 amide bonds.